The van der Waals surface area contributed by atoms with Gasteiger partial charge in [0, 0.05) is 18.0 Å². The van der Waals surface area contributed by atoms with E-state index in [4.69, 9.17) is 5.73 Å². The molecule has 1 atom stereocenters. The van der Waals surface area contributed by atoms with Gasteiger partial charge < -0.3 is 5.73 Å². The molecule has 0 aromatic heterocycles. The lowest BCUT2D eigenvalue weighted by Crippen LogP contribution is -2.17. The molecule has 1 aromatic carbocycles. The maximum Gasteiger partial charge on any atom is 0.0245 e. The molecule has 0 radical (unpaired) electrons. The van der Waals surface area contributed by atoms with Crippen LogP contribution in [0.15, 0.2) is 30.3 Å². The van der Waals surface area contributed by atoms with Crippen LogP contribution >= 0.6 is 0 Å². The zero-order valence-electron chi connectivity index (χ0n) is 7.96. The van der Waals surface area contributed by atoms with Crippen molar-refractivity contribution in [3.05, 3.63) is 35.9 Å². The van der Waals surface area contributed by atoms with Crippen molar-refractivity contribution >= 4 is 0 Å². The highest BCUT2D eigenvalue weighted by Crippen LogP contribution is 1.96. The zero-order valence-corrected chi connectivity index (χ0v) is 7.96. The van der Waals surface area contributed by atoms with E-state index in [1.54, 1.807) is 0 Å². The van der Waals surface area contributed by atoms with Crippen LogP contribution in [0.2, 0.25) is 0 Å². The molecule has 0 heterocycles. The molecule has 0 fully saturated rings. The minimum Gasteiger partial charge on any atom is -0.327 e. The van der Waals surface area contributed by atoms with E-state index >= 15 is 0 Å². The molecule has 1 nitrogen and oxygen atoms in total. The number of benzene rings is 1. The van der Waals surface area contributed by atoms with Crippen LogP contribution in [0.4, 0.5) is 0 Å². The monoisotopic (exact) mass is 173 g/mol. The molecule has 13 heavy (non-hydrogen) atoms. The van der Waals surface area contributed by atoms with Gasteiger partial charge in [0.2, 0.25) is 0 Å². The average Bonchev–Trinajstić information content (AvgIpc) is 2.19. The molecule has 68 valence electrons. The van der Waals surface area contributed by atoms with Gasteiger partial charge in [-0.1, -0.05) is 37.0 Å². The van der Waals surface area contributed by atoms with E-state index in [-0.39, 0.29) is 6.04 Å². The van der Waals surface area contributed by atoms with E-state index in [9.17, 15) is 0 Å². The normalized spacial score (nSPS) is 11.5. The minimum absolute atomic E-state index is 0.219. The first-order valence-electron chi connectivity index (χ1n) is 4.62. The molecule has 0 aliphatic rings. The lowest BCUT2D eigenvalue weighted by atomic mass is 10.1. The summed E-state index contributed by atoms with van der Waals surface area (Å²) in [4.78, 5) is 0. The van der Waals surface area contributed by atoms with Gasteiger partial charge in [0.15, 0.2) is 0 Å². The number of hydrogen-bond donors (Lipinski definition) is 1. The summed E-state index contributed by atoms with van der Waals surface area (Å²) in [5, 5.41) is 0. The quantitative estimate of drug-likeness (QED) is 0.681. The molecule has 0 bridgehead atoms. The van der Waals surface area contributed by atoms with Crippen LogP contribution in [0.3, 0.4) is 0 Å². The summed E-state index contributed by atoms with van der Waals surface area (Å²) in [7, 11) is 0. The van der Waals surface area contributed by atoms with Gasteiger partial charge in [-0.2, -0.15) is 0 Å². The van der Waals surface area contributed by atoms with Gasteiger partial charge in [-0.05, 0) is 18.6 Å². The van der Waals surface area contributed by atoms with Gasteiger partial charge in [0.1, 0.15) is 0 Å². The van der Waals surface area contributed by atoms with Crippen molar-refractivity contribution < 1.29 is 0 Å². The Labute approximate surface area is 80.0 Å². The largest absolute Gasteiger partial charge is 0.327 e. The molecule has 0 spiro atoms. The van der Waals surface area contributed by atoms with Crippen molar-refractivity contribution in [2.75, 3.05) is 0 Å². The van der Waals surface area contributed by atoms with Gasteiger partial charge in [0.05, 0.1) is 0 Å². The molecule has 2 N–H and O–H groups in total. The third kappa shape index (κ3) is 3.78. The minimum atomic E-state index is 0.219. The van der Waals surface area contributed by atoms with Crippen molar-refractivity contribution in [2.24, 2.45) is 5.73 Å². The van der Waals surface area contributed by atoms with Gasteiger partial charge in [0.25, 0.3) is 0 Å². The average molecular weight is 173 g/mol. The Hall–Kier alpha value is -1.26. The summed E-state index contributed by atoms with van der Waals surface area (Å²) in [6, 6.07) is 10.2. The van der Waals surface area contributed by atoms with Crippen molar-refractivity contribution in [2.45, 2.75) is 25.8 Å². The third-order valence-electron chi connectivity index (χ3n) is 1.90. The summed E-state index contributed by atoms with van der Waals surface area (Å²) in [5.41, 5.74) is 6.80. The number of nitrogens with two attached hydrogens (primary N) is 1. The molecule has 0 aliphatic heterocycles. The number of hydrogen-bond acceptors (Lipinski definition) is 1. The van der Waals surface area contributed by atoms with Crippen LogP contribution in [0.5, 0.6) is 0 Å². The van der Waals surface area contributed by atoms with E-state index in [1.807, 2.05) is 30.3 Å². The van der Waals surface area contributed by atoms with Crippen LogP contribution in [-0.2, 0) is 0 Å². The highest BCUT2D eigenvalue weighted by Gasteiger charge is 1.92. The van der Waals surface area contributed by atoms with Gasteiger partial charge in [-0.25, -0.2) is 0 Å². The first-order valence-corrected chi connectivity index (χ1v) is 4.62. The summed E-state index contributed by atoms with van der Waals surface area (Å²) in [5.74, 6) is 6.16. The molecule has 0 saturated heterocycles. The number of rotatable bonds is 2. The van der Waals surface area contributed by atoms with Gasteiger partial charge in [-0.15, -0.1) is 0 Å². The molecule has 1 heteroatoms. The molecular formula is C12H15N. The topological polar surface area (TPSA) is 26.0 Å². The lowest BCUT2D eigenvalue weighted by molar-refractivity contribution is 0.669. The van der Waals surface area contributed by atoms with Crippen LogP contribution < -0.4 is 5.73 Å². The summed E-state index contributed by atoms with van der Waals surface area (Å²) >= 11 is 0. The van der Waals surface area contributed by atoms with E-state index in [0.29, 0.717) is 0 Å². The highest BCUT2D eigenvalue weighted by atomic mass is 14.6. The fourth-order valence-electron chi connectivity index (χ4n) is 0.950. The molecular weight excluding hydrogens is 158 g/mol. The molecule has 0 saturated carbocycles. The maximum atomic E-state index is 5.73. The van der Waals surface area contributed by atoms with Crippen LogP contribution in [0.1, 0.15) is 25.3 Å². The van der Waals surface area contributed by atoms with E-state index in [1.165, 1.54) is 0 Å². The SMILES string of the molecule is CCC(N)CC#Cc1ccccc1. The second kappa shape index (κ2) is 5.40. The fourth-order valence-corrected chi connectivity index (χ4v) is 0.950. The molecule has 0 aliphatic carbocycles. The predicted molar refractivity (Wildman–Crippen MR) is 56.2 cm³/mol. The van der Waals surface area contributed by atoms with Crippen molar-refractivity contribution in [1.82, 2.24) is 0 Å². The highest BCUT2D eigenvalue weighted by molar-refractivity contribution is 5.33. The summed E-state index contributed by atoms with van der Waals surface area (Å²) < 4.78 is 0. The third-order valence-corrected chi connectivity index (χ3v) is 1.90. The van der Waals surface area contributed by atoms with Crippen LogP contribution in [0.25, 0.3) is 0 Å². The van der Waals surface area contributed by atoms with E-state index in [0.717, 1.165) is 18.4 Å². The summed E-state index contributed by atoms with van der Waals surface area (Å²) in [6.07, 6.45) is 1.77. The Morgan fingerprint density at radius 2 is 2.00 bits per heavy atom. The Bertz CT molecular complexity index is 292. The van der Waals surface area contributed by atoms with E-state index in [2.05, 4.69) is 18.8 Å². The zero-order chi connectivity index (χ0) is 9.52. The predicted octanol–water partition coefficient (Wildman–Crippen LogP) is 2.17. The Morgan fingerprint density at radius 3 is 2.62 bits per heavy atom. The van der Waals surface area contributed by atoms with Gasteiger partial charge >= 0.3 is 0 Å². The molecule has 1 unspecified atom stereocenters. The first kappa shape index (κ1) is 9.83. The van der Waals surface area contributed by atoms with Crippen molar-refractivity contribution in [3.8, 4) is 11.8 Å². The standard InChI is InChI=1S/C12H15N/c1-2-12(13)10-6-9-11-7-4-3-5-8-11/h3-5,7-8,12H,2,10,13H2,1H3. The second-order valence-corrected chi connectivity index (χ2v) is 3.04. The maximum absolute atomic E-state index is 5.73. The fraction of sp³-hybridized carbons (Fsp3) is 0.333. The molecule has 0 amide bonds. The Morgan fingerprint density at radius 1 is 1.31 bits per heavy atom. The Kier molecular flexibility index (Phi) is 4.08. The molecule has 1 rings (SSSR count). The second-order valence-electron chi connectivity index (χ2n) is 3.04. The van der Waals surface area contributed by atoms with E-state index < -0.39 is 0 Å². The van der Waals surface area contributed by atoms with Gasteiger partial charge in [-0.3, -0.25) is 0 Å². The van der Waals surface area contributed by atoms with Crippen LogP contribution in [-0.4, -0.2) is 6.04 Å². The van der Waals surface area contributed by atoms with Crippen molar-refractivity contribution in [1.29, 1.82) is 0 Å². The lowest BCUT2D eigenvalue weighted by Gasteiger charge is -2.00. The van der Waals surface area contributed by atoms with Crippen LogP contribution in [0, 0.1) is 11.8 Å². The summed E-state index contributed by atoms with van der Waals surface area (Å²) in [6.45, 7) is 2.08. The van der Waals surface area contributed by atoms with Crippen molar-refractivity contribution in [3.63, 3.8) is 0 Å². The first-order chi connectivity index (χ1) is 6.33. The molecule has 1 aromatic rings. The smallest absolute Gasteiger partial charge is 0.0245 e. The Balaban J connectivity index is 2.49.